The van der Waals surface area contributed by atoms with Crippen molar-refractivity contribution in [2.75, 3.05) is 38.4 Å². The highest BCUT2D eigenvalue weighted by atomic mass is 32.2. The first-order valence-electron chi connectivity index (χ1n) is 5.50. The minimum Gasteiger partial charge on any atom is -0.394 e. The fraction of sp³-hybridized carbons (Fsp3) is 1.00. The molecule has 0 aromatic heterocycles. The molecule has 15 heavy (non-hydrogen) atoms. The quantitative estimate of drug-likeness (QED) is 0.698. The number of aliphatic hydroxyl groups excluding tert-OH is 1. The van der Waals surface area contributed by atoms with Gasteiger partial charge in [-0.25, -0.2) is 0 Å². The van der Waals surface area contributed by atoms with E-state index in [9.17, 15) is 5.11 Å². The first-order chi connectivity index (χ1) is 7.08. The normalized spacial score (nSPS) is 30.4. The number of thioether (sulfide) groups is 1. The van der Waals surface area contributed by atoms with Crippen LogP contribution in [-0.2, 0) is 4.74 Å². The average molecular weight is 233 g/mol. The van der Waals surface area contributed by atoms with Crippen LogP contribution in [0, 0.1) is 5.41 Å². The summed E-state index contributed by atoms with van der Waals surface area (Å²) < 4.78 is 5.04. The number of ether oxygens (including phenoxy) is 1. The van der Waals surface area contributed by atoms with Gasteiger partial charge in [-0.2, -0.15) is 11.8 Å². The first kappa shape index (κ1) is 13.3. The van der Waals surface area contributed by atoms with Crippen molar-refractivity contribution in [2.24, 2.45) is 5.41 Å². The van der Waals surface area contributed by atoms with Crippen LogP contribution >= 0.6 is 11.8 Å². The molecule has 0 bridgehead atoms. The van der Waals surface area contributed by atoms with Crippen molar-refractivity contribution in [3.8, 4) is 0 Å². The Labute approximate surface area is 97.0 Å². The Bertz CT molecular complexity index is 199. The molecule has 0 saturated carbocycles. The Morgan fingerprint density at radius 3 is 2.73 bits per heavy atom. The van der Waals surface area contributed by atoms with Gasteiger partial charge in [-0.05, 0) is 17.6 Å². The molecule has 1 rings (SSSR count). The first-order valence-corrected chi connectivity index (χ1v) is 6.66. The van der Waals surface area contributed by atoms with Gasteiger partial charge in [-0.1, -0.05) is 13.8 Å². The highest BCUT2D eigenvalue weighted by Gasteiger charge is 2.46. The summed E-state index contributed by atoms with van der Waals surface area (Å²) in [5.74, 6) is 2.18. The van der Waals surface area contributed by atoms with E-state index in [1.165, 1.54) is 5.75 Å². The Morgan fingerprint density at radius 2 is 2.20 bits per heavy atom. The topological polar surface area (TPSA) is 41.5 Å². The molecule has 1 heterocycles. The summed E-state index contributed by atoms with van der Waals surface area (Å²) in [6.07, 6.45) is 1.15. The predicted molar refractivity (Wildman–Crippen MR) is 65.4 cm³/mol. The second kappa shape index (κ2) is 5.53. The summed E-state index contributed by atoms with van der Waals surface area (Å²) in [5, 5.41) is 13.1. The molecular weight excluding hydrogens is 210 g/mol. The molecule has 1 aliphatic rings. The average Bonchev–Trinajstić information content (AvgIpc) is 2.21. The van der Waals surface area contributed by atoms with Gasteiger partial charge in [0.1, 0.15) is 0 Å². The van der Waals surface area contributed by atoms with Gasteiger partial charge in [0.2, 0.25) is 0 Å². The zero-order valence-corrected chi connectivity index (χ0v) is 10.8. The zero-order valence-electron chi connectivity index (χ0n) is 10.0. The van der Waals surface area contributed by atoms with Crippen LogP contribution in [0.15, 0.2) is 0 Å². The monoisotopic (exact) mass is 233 g/mol. The molecule has 1 atom stereocenters. The Morgan fingerprint density at radius 1 is 1.47 bits per heavy atom. The van der Waals surface area contributed by atoms with Gasteiger partial charge in [0, 0.05) is 19.4 Å². The van der Waals surface area contributed by atoms with Gasteiger partial charge < -0.3 is 15.2 Å². The molecule has 4 heteroatoms. The van der Waals surface area contributed by atoms with Crippen LogP contribution in [0.1, 0.15) is 20.3 Å². The third kappa shape index (κ3) is 2.87. The van der Waals surface area contributed by atoms with E-state index in [2.05, 4.69) is 19.2 Å². The van der Waals surface area contributed by atoms with Crippen LogP contribution in [0.25, 0.3) is 0 Å². The number of rotatable bonds is 5. The lowest BCUT2D eigenvalue weighted by molar-refractivity contribution is 0.0535. The number of aliphatic hydroxyl groups is 1. The Balaban J connectivity index is 2.63. The van der Waals surface area contributed by atoms with Crippen molar-refractivity contribution in [3.63, 3.8) is 0 Å². The molecular formula is C11H23NO2S. The Hall–Kier alpha value is 0.230. The van der Waals surface area contributed by atoms with Crippen LogP contribution in [0.5, 0.6) is 0 Å². The molecule has 1 saturated heterocycles. The molecule has 2 N–H and O–H groups in total. The van der Waals surface area contributed by atoms with E-state index in [1.54, 1.807) is 7.11 Å². The molecule has 1 fully saturated rings. The van der Waals surface area contributed by atoms with Gasteiger partial charge in [-0.15, -0.1) is 0 Å². The minimum atomic E-state index is -0.144. The summed E-state index contributed by atoms with van der Waals surface area (Å²) in [6, 6.07) is 0. The lowest BCUT2D eigenvalue weighted by Gasteiger charge is -2.49. The van der Waals surface area contributed by atoms with E-state index in [0.717, 1.165) is 18.7 Å². The van der Waals surface area contributed by atoms with Crippen molar-refractivity contribution in [2.45, 2.75) is 25.8 Å². The molecule has 0 amide bonds. The van der Waals surface area contributed by atoms with E-state index in [4.69, 9.17) is 4.74 Å². The van der Waals surface area contributed by atoms with Crippen LogP contribution in [0.3, 0.4) is 0 Å². The van der Waals surface area contributed by atoms with Crippen molar-refractivity contribution in [3.05, 3.63) is 0 Å². The van der Waals surface area contributed by atoms with Crippen molar-refractivity contribution in [1.82, 2.24) is 5.32 Å². The second-order valence-electron chi connectivity index (χ2n) is 4.85. The molecule has 0 radical (unpaired) electrons. The summed E-state index contributed by atoms with van der Waals surface area (Å²) in [6.45, 7) is 6.19. The maximum absolute atomic E-state index is 9.66. The summed E-state index contributed by atoms with van der Waals surface area (Å²) in [4.78, 5) is 0. The van der Waals surface area contributed by atoms with Crippen LogP contribution in [0.2, 0.25) is 0 Å². The summed E-state index contributed by atoms with van der Waals surface area (Å²) >= 11 is 1.92. The maximum atomic E-state index is 9.66. The third-order valence-electron chi connectivity index (χ3n) is 3.55. The molecule has 90 valence electrons. The number of hydrogen-bond donors (Lipinski definition) is 2. The maximum Gasteiger partial charge on any atom is 0.0626 e. The van der Waals surface area contributed by atoms with Crippen LogP contribution < -0.4 is 5.32 Å². The second-order valence-corrected chi connectivity index (χ2v) is 5.95. The minimum absolute atomic E-state index is 0.144. The molecule has 0 spiro atoms. The number of nitrogens with one attached hydrogen (secondary N) is 1. The molecule has 1 unspecified atom stereocenters. The van der Waals surface area contributed by atoms with Crippen LogP contribution in [-0.4, -0.2) is 49.0 Å². The van der Waals surface area contributed by atoms with E-state index in [-0.39, 0.29) is 17.6 Å². The van der Waals surface area contributed by atoms with Gasteiger partial charge in [0.25, 0.3) is 0 Å². The highest BCUT2D eigenvalue weighted by molar-refractivity contribution is 7.99. The predicted octanol–water partition coefficient (Wildman–Crippen LogP) is 1.12. The number of methoxy groups -OCH3 is 1. The van der Waals surface area contributed by atoms with Gasteiger partial charge >= 0.3 is 0 Å². The van der Waals surface area contributed by atoms with E-state index in [0.29, 0.717) is 6.61 Å². The fourth-order valence-corrected chi connectivity index (χ4v) is 3.74. The number of hydrogen-bond acceptors (Lipinski definition) is 4. The third-order valence-corrected chi connectivity index (χ3v) is 4.74. The molecule has 0 aliphatic carbocycles. The highest BCUT2D eigenvalue weighted by Crippen LogP contribution is 2.41. The SMILES string of the molecule is COCCNC1(CO)CSCCC1(C)C. The van der Waals surface area contributed by atoms with Gasteiger partial charge in [0.05, 0.1) is 18.8 Å². The van der Waals surface area contributed by atoms with Crippen molar-refractivity contribution >= 4 is 11.8 Å². The zero-order chi connectivity index (χ0) is 11.4. The largest absolute Gasteiger partial charge is 0.394 e. The van der Waals surface area contributed by atoms with E-state index < -0.39 is 0 Å². The Kier molecular flexibility index (Phi) is 4.90. The lowest BCUT2D eigenvalue weighted by Crippen LogP contribution is -2.63. The molecule has 1 aliphatic heterocycles. The van der Waals surface area contributed by atoms with Gasteiger partial charge in [0.15, 0.2) is 0 Å². The molecule has 0 aromatic carbocycles. The van der Waals surface area contributed by atoms with E-state index >= 15 is 0 Å². The molecule has 3 nitrogen and oxygen atoms in total. The summed E-state index contributed by atoms with van der Waals surface area (Å²) in [5.41, 5.74) is 0.00912. The molecule has 0 aromatic rings. The van der Waals surface area contributed by atoms with Gasteiger partial charge in [-0.3, -0.25) is 0 Å². The van der Waals surface area contributed by atoms with Crippen molar-refractivity contribution < 1.29 is 9.84 Å². The smallest absolute Gasteiger partial charge is 0.0626 e. The van der Waals surface area contributed by atoms with E-state index in [1.807, 2.05) is 11.8 Å². The summed E-state index contributed by atoms with van der Waals surface area (Å²) in [7, 11) is 1.70. The van der Waals surface area contributed by atoms with Crippen molar-refractivity contribution in [1.29, 1.82) is 0 Å². The van der Waals surface area contributed by atoms with Crippen LogP contribution in [0.4, 0.5) is 0 Å². The lowest BCUT2D eigenvalue weighted by atomic mass is 9.71. The fourth-order valence-electron chi connectivity index (χ4n) is 2.01. The standard InChI is InChI=1S/C11H23NO2S/c1-10(2)4-7-15-9-11(10,8-13)12-5-6-14-3/h12-13H,4-9H2,1-3H3.